The van der Waals surface area contributed by atoms with Gasteiger partial charge >= 0.3 is 6.36 Å². The van der Waals surface area contributed by atoms with E-state index in [-0.39, 0.29) is 30.3 Å². The zero-order valence-electron chi connectivity index (χ0n) is 15.6. The molecule has 0 aromatic heterocycles. The third-order valence-corrected chi connectivity index (χ3v) is 3.88. The van der Waals surface area contributed by atoms with Gasteiger partial charge in [0.25, 0.3) is 0 Å². The van der Waals surface area contributed by atoms with Gasteiger partial charge in [0.2, 0.25) is 0 Å². The van der Waals surface area contributed by atoms with Gasteiger partial charge in [0.05, 0.1) is 0 Å². The molecule has 0 spiro atoms. The number of alkyl halides is 3. The number of hydrogen-bond acceptors (Lipinski definition) is 4. The van der Waals surface area contributed by atoms with Crippen LogP contribution in [0.3, 0.4) is 0 Å². The van der Waals surface area contributed by atoms with Crippen LogP contribution in [0.15, 0.2) is 48.5 Å². The normalized spacial score (nSPS) is 13.2. The maximum absolute atomic E-state index is 13.0. The Balaban J connectivity index is 1.75. The van der Waals surface area contributed by atoms with Crippen molar-refractivity contribution in [3.63, 3.8) is 0 Å². The zero-order valence-corrected chi connectivity index (χ0v) is 15.6. The zero-order chi connectivity index (χ0) is 20.8. The van der Waals surface area contributed by atoms with Gasteiger partial charge in [0.15, 0.2) is 0 Å². The summed E-state index contributed by atoms with van der Waals surface area (Å²) in [5.74, 6) is -0.316. The molecule has 0 aliphatic heterocycles. The second-order valence-corrected chi connectivity index (χ2v) is 7.05. The number of hydrogen-bond donors (Lipinski definition) is 2. The quantitative estimate of drug-likeness (QED) is 0.622. The molecule has 0 amide bonds. The molecule has 28 heavy (non-hydrogen) atoms. The SMILES string of the molecule is CC(C)(Cc1ccc(F)cc1)NC[C@@H](O)COc1ccc(OC(F)(F)F)cc1. The smallest absolute Gasteiger partial charge is 0.491 e. The lowest BCUT2D eigenvalue weighted by Gasteiger charge is -2.28. The summed E-state index contributed by atoms with van der Waals surface area (Å²) in [6.45, 7) is 4.15. The van der Waals surface area contributed by atoms with Crippen molar-refractivity contribution < 1.29 is 32.1 Å². The van der Waals surface area contributed by atoms with Gasteiger partial charge < -0.3 is 19.9 Å². The Bertz CT molecular complexity index is 731. The molecule has 0 bridgehead atoms. The molecule has 0 fully saturated rings. The van der Waals surface area contributed by atoms with Crippen molar-refractivity contribution in [3.05, 3.63) is 59.9 Å². The number of rotatable bonds is 9. The second-order valence-electron chi connectivity index (χ2n) is 7.05. The Morgan fingerprint density at radius 1 is 0.964 bits per heavy atom. The van der Waals surface area contributed by atoms with E-state index in [2.05, 4.69) is 10.1 Å². The van der Waals surface area contributed by atoms with Gasteiger partial charge in [-0.05, 0) is 62.2 Å². The van der Waals surface area contributed by atoms with Crippen molar-refractivity contribution >= 4 is 0 Å². The Labute approximate surface area is 161 Å². The highest BCUT2D eigenvalue weighted by Crippen LogP contribution is 2.24. The van der Waals surface area contributed by atoms with Crippen molar-refractivity contribution in [2.45, 2.75) is 38.3 Å². The van der Waals surface area contributed by atoms with Crippen molar-refractivity contribution in [1.82, 2.24) is 5.32 Å². The molecule has 0 aliphatic carbocycles. The van der Waals surface area contributed by atoms with Gasteiger partial charge in [-0.15, -0.1) is 13.2 Å². The molecule has 8 heteroatoms. The lowest BCUT2D eigenvalue weighted by atomic mass is 9.94. The number of ether oxygens (including phenoxy) is 2. The first-order chi connectivity index (χ1) is 13.0. The maximum Gasteiger partial charge on any atom is 0.573 e. The number of benzene rings is 2. The molecule has 2 aromatic rings. The van der Waals surface area contributed by atoms with Crippen LogP contribution in [0.4, 0.5) is 17.6 Å². The maximum atomic E-state index is 13.0. The predicted molar refractivity (Wildman–Crippen MR) is 96.8 cm³/mol. The number of halogens is 4. The molecule has 2 aromatic carbocycles. The molecule has 4 nitrogen and oxygen atoms in total. The molecule has 2 rings (SSSR count). The lowest BCUT2D eigenvalue weighted by Crippen LogP contribution is -2.46. The predicted octanol–water partition coefficient (Wildman–Crippen LogP) is 4.07. The van der Waals surface area contributed by atoms with Crippen LogP contribution in [0.2, 0.25) is 0 Å². The van der Waals surface area contributed by atoms with Crippen molar-refractivity contribution in [1.29, 1.82) is 0 Å². The first-order valence-corrected chi connectivity index (χ1v) is 8.69. The average molecular weight is 401 g/mol. The fraction of sp³-hybridized carbons (Fsp3) is 0.400. The first-order valence-electron chi connectivity index (χ1n) is 8.69. The topological polar surface area (TPSA) is 50.7 Å². The Morgan fingerprint density at radius 3 is 2.11 bits per heavy atom. The van der Waals surface area contributed by atoms with E-state index in [4.69, 9.17) is 4.74 Å². The first kappa shape index (κ1) is 22.0. The van der Waals surface area contributed by atoms with E-state index >= 15 is 0 Å². The Kier molecular flexibility index (Phi) is 7.26. The van der Waals surface area contributed by atoms with Crippen molar-refractivity contribution in [2.24, 2.45) is 0 Å². The highest BCUT2D eigenvalue weighted by molar-refractivity contribution is 5.31. The molecule has 0 aliphatic rings. The molecule has 0 radical (unpaired) electrons. The minimum atomic E-state index is -4.75. The van der Waals surface area contributed by atoms with Crippen LogP contribution >= 0.6 is 0 Å². The molecule has 1 atom stereocenters. The summed E-state index contributed by atoms with van der Waals surface area (Å²) in [6, 6.07) is 11.2. The van der Waals surface area contributed by atoms with Gasteiger partial charge in [0, 0.05) is 12.1 Å². The summed E-state index contributed by atoms with van der Waals surface area (Å²) >= 11 is 0. The van der Waals surface area contributed by atoms with Crippen LogP contribution < -0.4 is 14.8 Å². The standard InChI is InChI=1S/C20H23F4NO3/c1-19(2,11-14-3-5-15(21)6-4-14)25-12-16(26)13-27-17-7-9-18(10-8-17)28-20(22,23)24/h3-10,16,25-26H,11-13H2,1-2H3/t16-/m1/s1. The highest BCUT2D eigenvalue weighted by atomic mass is 19.4. The van der Waals surface area contributed by atoms with Gasteiger partial charge in [-0.3, -0.25) is 0 Å². The molecule has 0 saturated carbocycles. The minimum Gasteiger partial charge on any atom is -0.491 e. The number of aliphatic hydroxyl groups excluding tert-OH is 1. The van der Waals surface area contributed by atoms with Crippen molar-refractivity contribution in [3.8, 4) is 11.5 Å². The molecule has 0 heterocycles. The van der Waals surface area contributed by atoms with Gasteiger partial charge in [-0.1, -0.05) is 12.1 Å². The van der Waals surface area contributed by atoms with Crippen LogP contribution in [0, 0.1) is 5.82 Å². The molecule has 0 unspecified atom stereocenters. The van der Waals surface area contributed by atoms with E-state index in [9.17, 15) is 22.7 Å². The largest absolute Gasteiger partial charge is 0.573 e. The van der Waals surface area contributed by atoms with Gasteiger partial charge in [0.1, 0.15) is 30.0 Å². The molecule has 2 N–H and O–H groups in total. The Hall–Kier alpha value is -2.32. The lowest BCUT2D eigenvalue weighted by molar-refractivity contribution is -0.274. The van der Waals surface area contributed by atoms with Crippen molar-refractivity contribution in [2.75, 3.05) is 13.2 Å². The fourth-order valence-electron chi connectivity index (χ4n) is 2.56. The van der Waals surface area contributed by atoms with E-state index in [0.717, 1.165) is 17.7 Å². The molecular weight excluding hydrogens is 378 g/mol. The highest BCUT2D eigenvalue weighted by Gasteiger charge is 2.31. The van der Waals surface area contributed by atoms with E-state index in [0.29, 0.717) is 12.2 Å². The summed E-state index contributed by atoms with van der Waals surface area (Å²) in [4.78, 5) is 0. The van der Waals surface area contributed by atoms with E-state index in [1.807, 2.05) is 13.8 Å². The number of nitrogens with one attached hydrogen (secondary N) is 1. The van der Waals surface area contributed by atoms with E-state index < -0.39 is 12.5 Å². The third kappa shape index (κ3) is 8.14. The average Bonchev–Trinajstić information content (AvgIpc) is 2.60. The minimum absolute atomic E-state index is 0.0287. The summed E-state index contributed by atoms with van der Waals surface area (Å²) in [7, 11) is 0. The summed E-state index contributed by atoms with van der Waals surface area (Å²) in [5.41, 5.74) is 0.626. The number of β-amino-alcohol motifs (C(OH)–C–C–N with tert-alkyl or cyclic N) is 1. The summed E-state index contributed by atoms with van der Waals surface area (Å²) in [6.07, 6.45) is -4.93. The Morgan fingerprint density at radius 2 is 1.54 bits per heavy atom. The van der Waals surface area contributed by atoms with Crippen LogP contribution in [0.5, 0.6) is 11.5 Å². The number of aliphatic hydroxyl groups is 1. The molecular formula is C20H23F4NO3. The van der Waals surface area contributed by atoms with Gasteiger partial charge in [-0.25, -0.2) is 4.39 Å². The molecule has 0 saturated heterocycles. The summed E-state index contributed by atoms with van der Waals surface area (Å²) < 4.78 is 58.5. The van der Waals surface area contributed by atoms with E-state index in [1.54, 1.807) is 12.1 Å². The third-order valence-electron chi connectivity index (χ3n) is 3.88. The van der Waals surface area contributed by atoms with E-state index in [1.165, 1.54) is 24.3 Å². The summed E-state index contributed by atoms with van der Waals surface area (Å²) in [5, 5.41) is 13.3. The van der Waals surface area contributed by atoms with Crippen LogP contribution in [-0.4, -0.2) is 36.3 Å². The fourth-order valence-corrected chi connectivity index (χ4v) is 2.56. The van der Waals surface area contributed by atoms with Crippen LogP contribution in [0.1, 0.15) is 19.4 Å². The van der Waals surface area contributed by atoms with Crippen LogP contribution in [0.25, 0.3) is 0 Å². The molecule has 154 valence electrons. The monoisotopic (exact) mass is 401 g/mol. The van der Waals surface area contributed by atoms with Gasteiger partial charge in [-0.2, -0.15) is 0 Å². The second kappa shape index (κ2) is 9.25. The van der Waals surface area contributed by atoms with Crippen LogP contribution in [-0.2, 0) is 6.42 Å².